The summed E-state index contributed by atoms with van der Waals surface area (Å²) >= 11 is 13.3. The van der Waals surface area contributed by atoms with E-state index in [4.69, 9.17) is 23.2 Å². The van der Waals surface area contributed by atoms with Crippen molar-refractivity contribution in [3.8, 4) is 0 Å². The second-order valence-electron chi connectivity index (χ2n) is 4.62. The molecule has 1 aromatic carbocycles. The smallest absolute Gasteiger partial charge is 0.234 e. The van der Waals surface area contributed by atoms with E-state index in [2.05, 4.69) is 20.4 Å². The maximum Gasteiger partial charge on any atom is 0.234 e. The van der Waals surface area contributed by atoms with Gasteiger partial charge in [-0.1, -0.05) is 41.0 Å². The molecule has 0 radical (unpaired) electrons. The van der Waals surface area contributed by atoms with Crippen molar-refractivity contribution in [1.82, 2.24) is 19.7 Å². The molecule has 0 fully saturated rings. The predicted octanol–water partition coefficient (Wildman–Crippen LogP) is 3.40. The number of rotatable bonds is 4. The van der Waals surface area contributed by atoms with Gasteiger partial charge in [0.2, 0.25) is 5.91 Å². The Balaban J connectivity index is 1.70. The molecular weight excluding hydrogens is 357 g/mol. The number of fused-ring (bicyclic) bond motifs is 1. The Labute approximate surface area is 146 Å². The van der Waals surface area contributed by atoms with E-state index in [0.717, 1.165) is 11.0 Å². The number of nitrogens with zero attached hydrogens (tertiary/aromatic N) is 4. The second kappa shape index (κ2) is 6.74. The maximum absolute atomic E-state index is 12.1. The van der Waals surface area contributed by atoms with Crippen LogP contribution in [0.1, 0.15) is 0 Å². The standard InChI is InChI=1S/C14H11Cl2N5OS/c1-21-13-8(5-19-21)14(18-7-17-13)23-6-11(22)20-10-4-2-3-9(15)12(10)16/h2-5,7H,6H2,1H3,(H,20,22). The van der Waals surface area contributed by atoms with E-state index in [1.54, 1.807) is 36.1 Å². The summed E-state index contributed by atoms with van der Waals surface area (Å²) in [7, 11) is 1.80. The fourth-order valence-corrected chi connectivity index (χ4v) is 3.09. The Kier molecular flexibility index (Phi) is 4.70. The van der Waals surface area contributed by atoms with Crippen molar-refractivity contribution < 1.29 is 4.79 Å². The number of hydrogen-bond donors (Lipinski definition) is 1. The number of nitrogens with one attached hydrogen (secondary N) is 1. The molecule has 0 saturated carbocycles. The Morgan fingerprint density at radius 3 is 3.00 bits per heavy atom. The first-order chi connectivity index (χ1) is 11.1. The lowest BCUT2D eigenvalue weighted by molar-refractivity contribution is -0.113. The third-order valence-corrected chi connectivity index (χ3v) is 4.88. The fourth-order valence-electron chi connectivity index (χ4n) is 1.98. The number of aromatic nitrogens is 4. The second-order valence-corrected chi connectivity index (χ2v) is 6.37. The van der Waals surface area contributed by atoms with Crippen LogP contribution in [0.2, 0.25) is 10.0 Å². The van der Waals surface area contributed by atoms with Crippen LogP contribution in [0.25, 0.3) is 11.0 Å². The Morgan fingerprint density at radius 2 is 2.17 bits per heavy atom. The first-order valence-electron chi connectivity index (χ1n) is 6.55. The molecule has 0 aliphatic carbocycles. The molecule has 1 N–H and O–H groups in total. The van der Waals surface area contributed by atoms with Gasteiger partial charge in [0.15, 0.2) is 5.65 Å². The number of carbonyl (C=O) groups excluding carboxylic acids is 1. The molecule has 0 bridgehead atoms. The third-order valence-electron chi connectivity index (χ3n) is 3.06. The molecule has 2 heterocycles. The van der Waals surface area contributed by atoms with Gasteiger partial charge in [0.25, 0.3) is 0 Å². The van der Waals surface area contributed by atoms with Crippen molar-refractivity contribution in [3.63, 3.8) is 0 Å². The molecule has 3 rings (SSSR count). The molecule has 2 aromatic heterocycles. The fraction of sp³-hybridized carbons (Fsp3) is 0.143. The van der Waals surface area contributed by atoms with Gasteiger partial charge in [-0.2, -0.15) is 5.10 Å². The van der Waals surface area contributed by atoms with Gasteiger partial charge in [-0.15, -0.1) is 0 Å². The van der Waals surface area contributed by atoms with Gasteiger partial charge in [-0.05, 0) is 12.1 Å². The average Bonchev–Trinajstić information content (AvgIpc) is 2.92. The van der Waals surface area contributed by atoms with Gasteiger partial charge in [0.1, 0.15) is 11.4 Å². The van der Waals surface area contributed by atoms with Crippen molar-refractivity contribution >= 4 is 57.6 Å². The molecule has 9 heteroatoms. The zero-order valence-corrected chi connectivity index (χ0v) is 14.3. The molecule has 1 amide bonds. The van der Waals surface area contributed by atoms with E-state index in [1.807, 2.05) is 0 Å². The van der Waals surface area contributed by atoms with Gasteiger partial charge < -0.3 is 5.32 Å². The van der Waals surface area contributed by atoms with E-state index in [1.165, 1.54) is 18.1 Å². The van der Waals surface area contributed by atoms with Crippen molar-refractivity contribution in [2.24, 2.45) is 7.05 Å². The molecule has 0 atom stereocenters. The van der Waals surface area contributed by atoms with E-state index < -0.39 is 0 Å². The lowest BCUT2D eigenvalue weighted by atomic mass is 10.3. The van der Waals surface area contributed by atoms with Crippen LogP contribution in [0.3, 0.4) is 0 Å². The van der Waals surface area contributed by atoms with Crippen molar-refractivity contribution in [2.45, 2.75) is 5.03 Å². The van der Waals surface area contributed by atoms with Gasteiger partial charge in [0.05, 0.1) is 33.1 Å². The van der Waals surface area contributed by atoms with Crippen LogP contribution < -0.4 is 5.32 Å². The molecule has 23 heavy (non-hydrogen) atoms. The number of hydrogen-bond acceptors (Lipinski definition) is 5. The summed E-state index contributed by atoms with van der Waals surface area (Å²) in [5.41, 5.74) is 1.21. The topological polar surface area (TPSA) is 72.7 Å². The highest BCUT2D eigenvalue weighted by molar-refractivity contribution is 8.00. The molecule has 3 aromatic rings. The van der Waals surface area contributed by atoms with E-state index in [0.29, 0.717) is 20.8 Å². The van der Waals surface area contributed by atoms with Crippen LogP contribution in [0.4, 0.5) is 5.69 Å². The number of amides is 1. The van der Waals surface area contributed by atoms with Crippen LogP contribution in [0, 0.1) is 0 Å². The Morgan fingerprint density at radius 1 is 1.35 bits per heavy atom. The van der Waals surface area contributed by atoms with Crippen LogP contribution in [0.5, 0.6) is 0 Å². The molecule has 0 unspecified atom stereocenters. The number of thioether (sulfide) groups is 1. The number of carbonyl (C=O) groups is 1. The summed E-state index contributed by atoms with van der Waals surface area (Å²) in [5, 5.41) is 9.11. The minimum atomic E-state index is -0.199. The van der Waals surface area contributed by atoms with Crippen LogP contribution in [-0.2, 0) is 11.8 Å². The Bertz CT molecular complexity index is 883. The highest BCUT2D eigenvalue weighted by atomic mass is 35.5. The monoisotopic (exact) mass is 367 g/mol. The zero-order valence-electron chi connectivity index (χ0n) is 12.0. The van der Waals surface area contributed by atoms with Gasteiger partial charge >= 0.3 is 0 Å². The molecule has 0 saturated heterocycles. The Hall–Kier alpha value is -1.83. The van der Waals surface area contributed by atoms with Gasteiger partial charge in [0, 0.05) is 7.05 Å². The molecular formula is C14H11Cl2N5OS. The third kappa shape index (κ3) is 3.41. The summed E-state index contributed by atoms with van der Waals surface area (Å²) < 4.78 is 1.66. The number of benzene rings is 1. The minimum absolute atomic E-state index is 0.184. The highest BCUT2D eigenvalue weighted by Gasteiger charge is 2.12. The van der Waals surface area contributed by atoms with Crippen LogP contribution >= 0.6 is 35.0 Å². The summed E-state index contributed by atoms with van der Waals surface area (Å²) in [6.45, 7) is 0. The maximum atomic E-state index is 12.1. The molecule has 0 aliphatic heterocycles. The molecule has 118 valence electrons. The minimum Gasteiger partial charge on any atom is -0.324 e. The van der Waals surface area contributed by atoms with Crippen molar-refractivity contribution in [3.05, 3.63) is 40.8 Å². The van der Waals surface area contributed by atoms with E-state index in [9.17, 15) is 4.79 Å². The average molecular weight is 368 g/mol. The normalized spacial score (nSPS) is 10.9. The van der Waals surface area contributed by atoms with E-state index >= 15 is 0 Å². The van der Waals surface area contributed by atoms with Gasteiger partial charge in [-0.3, -0.25) is 9.48 Å². The lowest BCUT2D eigenvalue weighted by Crippen LogP contribution is -2.14. The molecule has 0 spiro atoms. The van der Waals surface area contributed by atoms with Crippen molar-refractivity contribution in [2.75, 3.05) is 11.1 Å². The summed E-state index contributed by atoms with van der Waals surface area (Å²) in [6, 6.07) is 5.08. The highest BCUT2D eigenvalue weighted by Crippen LogP contribution is 2.30. The van der Waals surface area contributed by atoms with E-state index in [-0.39, 0.29) is 11.7 Å². The number of halogens is 2. The lowest BCUT2D eigenvalue weighted by Gasteiger charge is -2.08. The quantitative estimate of drug-likeness (QED) is 0.565. The SMILES string of the molecule is Cn1ncc2c(SCC(=O)Nc3cccc(Cl)c3Cl)ncnc21. The van der Waals surface area contributed by atoms with Gasteiger partial charge in [-0.25, -0.2) is 9.97 Å². The number of aryl methyl sites for hydroxylation is 1. The molecule has 6 nitrogen and oxygen atoms in total. The molecule has 0 aliphatic rings. The van der Waals surface area contributed by atoms with Crippen LogP contribution in [0.15, 0.2) is 35.7 Å². The van der Waals surface area contributed by atoms with Crippen LogP contribution in [-0.4, -0.2) is 31.4 Å². The first kappa shape index (κ1) is 16.0. The summed E-state index contributed by atoms with van der Waals surface area (Å²) in [5.74, 6) is -0.0149. The predicted molar refractivity (Wildman–Crippen MR) is 92.1 cm³/mol. The summed E-state index contributed by atoms with van der Waals surface area (Å²) in [4.78, 5) is 20.5. The zero-order chi connectivity index (χ0) is 16.4. The number of anilines is 1. The summed E-state index contributed by atoms with van der Waals surface area (Å²) in [6.07, 6.45) is 3.14. The first-order valence-corrected chi connectivity index (χ1v) is 8.30. The van der Waals surface area contributed by atoms with Crippen molar-refractivity contribution in [1.29, 1.82) is 0 Å². The largest absolute Gasteiger partial charge is 0.324 e.